The first-order valence-corrected chi connectivity index (χ1v) is 7.69. The predicted molar refractivity (Wildman–Crippen MR) is 79.2 cm³/mol. The average molecular weight is 269 g/mol. The van der Waals surface area contributed by atoms with Gasteiger partial charge in [0.2, 0.25) is 0 Å². The van der Waals surface area contributed by atoms with Crippen LogP contribution in [-0.4, -0.2) is 35.1 Å². The molecule has 0 aromatic heterocycles. The molecule has 1 aliphatic heterocycles. The van der Waals surface area contributed by atoms with Gasteiger partial charge < -0.3 is 10.0 Å². The van der Waals surface area contributed by atoms with Crippen molar-refractivity contribution in [3.05, 3.63) is 0 Å². The fraction of sp³-hybridized carbons (Fsp3) is 0.938. The zero-order valence-electron chi connectivity index (χ0n) is 13.3. The molecule has 0 amide bonds. The van der Waals surface area contributed by atoms with Crippen molar-refractivity contribution in [3.8, 4) is 0 Å². The van der Waals surface area contributed by atoms with E-state index in [0.29, 0.717) is 18.3 Å². The van der Waals surface area contributed by atoms with Crippen LogP contribution in [0.2, 0.25) is 0 Å². The first-order chi connectivity index (χ1) is 8.76. The van der Waals surface area contributed by atoms with Crippen molar-refractivity contribution in [3.63, 3.8) is 0 Å². The Morgan fingerprint density at radius 2 is 2.05 bits per heavy atom. The van der Waals surface area contributed by atoms with Gasteiger partial charge in [-0.05, 0) is 58.0 Å². The van der Waals surface area contributed by atoms with Gasteiger partial charge in [0.1, 0.15) is 0 Å². The standard InChI is InChI=1S/C16H31NO2/c1-12(8-6-7-9-15(18)19)14-10-11-17(5)16(3,4)13(14)2/h12-14H,6-11H2,1-5H3,(H,18,19). The van der Waals surface area contributed by atoms with Gasteiger partial charge in [-0.2, -0.15) is 0 Å². The molecule has 0 bridgehead atoms. The van der Waals surface area contributed by atoms with Crippen LogP contribution in [0.4, 0.5) is 0 Å². The number of likely N-dealkylation sites (tertiary alicyclic amines) is 1. The number of unbranched alkanes of at least 4 members (excludes halogenated alkanes) is 1. The minimum atomic E-state index is -0.665. The molecule has 0 aliphatic carbocycles. The lowest BCUT2D eigenvalue weighted by Gasteiger charge is -2.50. The topological polar surface area (TPSA) is 40.5 Å². The maximum Gasteiger partial charge on any atom is 0.303 e. The van der Waals surface area contributed by atoms with Crippen LogP contribution >= 0.6 is 0 Å². The Kier molecular flexibility index (Phi) is 5.84. The largest absolute Gasteiger partial charge is 0.481 e. The zero-order chi connectivity index (χ0) is 14.6. The second-order valence-corrected chi connectivity index (χ2v) is 6.93. The molecule has 0 radical (unpaired) electrons. The van der Waals surface area contributed by atoms with E-state index in [2.05, 4.69) is 39.6 Å². The summed E-state index contributed by atoms with van der Waals surface area (Å²) >= 11 is 0. The second-order valence-electron chi connectivity index (χ2n) is 6.93. The van der Waals surface area contributed by atoms with Gasteiger partial charge >= 0.3 is 5.97 Å². The van der Waals surface area contributed by atoms with E-state index in [4.69, 9.17) is 5.11 Å². The third-order valence-corrected chi connectivity index (χ3v) is 5.57. The Bertz CT molecular complexity index is 301. The third kappa shape index (κ3) is 4.20. The minimum absolute atomic E-state index is 0.276. The smallest absolute Gasteiger partial charge is 0.303 e. The molecule has 3 unspecified atom stereocenters. The molecule has 112 valence electrons. The van der Waals surface area contributed by atoms with Crippen molar-refractivity contribution in [2.24, 2.45) is 17.8 Å². The van der Waals surface area contributed by atoms with Crippen molar-refractivity contribution < 1.29 is 9.90 Å². The summed E-state index contributed by atoms with van der Waals surface area (Å²) in [5, 5.41) is 8.66. The van der Waals surface area contributed by atoms with Gasteiger partial charge in [0.05, 0.1) is 0 Å². The van der Waals surface area contributed by atoms with Gasteiger partial charge in [0.25, 0.3) is 0 Å². The zero-order valence-corrected chi connectivity index (χ0v) is 13.3. The van der Waals surface area contributed by atoms with Crippen molar-refractivity contribution in [2.75, 3.05) is 13.6 Å². The monoisotopic (exact) mass is 269 g/mol. The first kappa shape index (κ1) is 16.5. The molecule has 0 saturated carbocycles. The molecule has 3 atom stereocenters. The molecule has 1 rings (SSSR count). The fourth-order valence-electron chi connectivity index (χ4n) is 3.49. The Hall–Kier alpha value is -0.570. The number of carboxylic acids is 1. The predicted octanol–water partition coefficient (Wildman–Crippen LogP) is 3.63. The van der Waals surface area contributed by atoms with Crippen molar-refractivity contribution in [1.82, 2.24) is 4.90 Å². The molecule has 3 nitrogen and oxygen atoms in total. The Labute approximate surface area is 118 Å². The van der Waals surface area contributed by atoms with E-state index in [9.17, 15) is 4.79 Å². The summed E-state index contributed by atoms with van der Waals surface area (Å²) in [5.74, 6) is 1.51. The van der Waals surface area contributed by atoms with Crippen LogP contribution in [0.3, 0.4) is 0 Å². The number of hydrogen-bond donors (Lipinski definition) is 1. The molecule has 1 heterocycles. The lowest BCUT2D eigenvalue weighted by molar-refractivity contribution is -0.137. The molecule has 1 N–H and O–H groups in total. The van der Waals surface area contributed by atoms with Gasteiger partial charge in [-0.1, -0.05) is 26.7 Å². The molecule has 1 fully saturated rings. The number of piperidine rings is 1. The van der Waals surface area contributed by atoms with Gasteiger partial charge in [-0.15, -0.1) is 0 Å². The number of nitrogens with zero attached hydrogens (tertiary/aromatic N) is 1. The molecular formula is C16H31NO2. The van der Waals surface area contributed by atoms with Crippen molar-refractivity contribution in [1.29, 1.82) is 0 Å². The Morgan fingerprint density at radius 3 is 2.63 bits per heavy atom. The Balaban J connectivity index is 2.44. The van der Waals surface area contributed by atoms with Gasteiger partial charge in [0, 0.05) is 12.0 Å². The number of aliphatic carboxylic acids is 1. The molecule has 0 aromatic rings. The second kappa shape index (κ2) is 6.74. The molecule has 0 aromatic carbocycles. The summed E-state index contributed by atoms with van der Waals surface area (Å²) in [6.07, 6.45) is 4.64. The van der Waals surface area contributed by atoms with Crippen LogP contribution in [0.5, 0.6) is 0 Å². The molecule has 1 saturated heterocycles. The van der Waals surface area contributed by atoms with Crippen LogP contribution in [0.1, 0.15) is 59.8 Å². The van der Waals surface area contributed by atoms with E-state index < -0.39 is 5.97 Å². The molecular weight excluding hydrogens is 238 g/mol. The fourth-order valence-corrected chi connectivity index (χ4v) is 3.49. The summed E-state index contributed by atoms with van der Waals surface area (Å²) in [6.45, 7) is 10.6. The van der Waals surface area contributed by atoms with Crippen LogP contribution in [0, 0.1) is 17.8 Å². The van der Waals surface area contributed by atoms with Crippen LogP contribution in [-0.2, 0) is 4.79 Å². The van der Waals surface area contributed by atoms with Gasteiger partial charge in [-0.25, -0.2) is 0 Å². The highest BCUT2D eigenvalue weighted by atomic mass is 16.4. The lowest BCUT2D eigenvalue weighted by atomic mass is 9.68. The Morgan fingerprint density at radius 1 is 1.42 bits per heavy atom. The van der Waals surface area contributed by atoms with Crippen LogP contribution in [0.25, 0.3) is 0 Å². The van der Waals surface area contributed by atoms with Crippen LogP contribution in [0.15, 0.2) is 0 Å². The summed E-state index contributed by atoms with van der Waals surface area (Å²) in [5.41, 5.74) is 0.276. The number of carboxylic acid groups (broad SMARTS) is 1. The summed E-state index contributed by atoms with van der Waals surface area (Å²) in [4.78, 5) is 13.0. The molecule has 0 spiro atoms. The molecule has 3 heteroatoms. The van der Waals surface area contributed by atoms with E-state index in [1.807, 2.05) is 0 Å². The average Bonchev–Trinajstić information content (AvgIpc) is 2.32. The van der Waals surface area contributed by atoms with E-state index in [1.165, 1.54) is 19.4 Å². The third-order valence-electron chi connectivity index (χ3n) is 5.57. The van der Waals surface area contributed by atoms with Crippen molar-refractivity contribution >= 4 is 5.97 Å². The summed E-state index contributed by atoms with van der Waals surface area (Å²) in [6, 6.07) is 0. The number of carbonyl (C=O) groups is 1. The van der Waals surface area contributed by atoms with E-state index >= 15 is 0 Å². The van der Waals surface area contributed by atoms with E-state index in [0.717, 1.165) is 18.8 Å². The SMILES string of the molecule is CC(CCCCC(=O)O)C1CCN(C)C(C)(C)C1C. The highest BCUT2D eigenvalue weighted by Crippen LogP contribution is 2.41. The normalized spacial score (nSPS) is 29.1. The minimum Gasteiger partial charge on any atom is -0.481 e. The highest BCUT2D eigenvalue weighted by Gasteiger charge is 2.40. The van der Waals surface area contributed by atoms with Gasteiger partial charge in [0.15, 0.2) is 0 Å². The van der Waals surface area contributed by atoms with Gasteiger partial charge in [-0.3, -0.25) is 4.79 Å². The number of rotatable bonds is 6. The highest BCUT2D eigenvalue weighted by molar-refractivity contribution is 5.66. The van der Waals surface area contributed by atoms with Crippen LogP contribution < -0.4 is 0 Å². The quantitative estimate of drug-likeness (QED) is 0.748. The molecule has 19 heavy (non-hydrogen) atoms. The summed E-state index contributed by atoms with van der Waals surface area (Å²) < 4.78 is 0. The van der Waals surface area contributed by atoms with Crippen molar-refractivity contribution in [2.45, 2.75) is 65.3 Å². The maximum absolute atomic E-state index is 10.5. The lowest BCUT2D eigenvalue weighted by Crippen LogP contribution is -2.54. The first-order valence-electron chi connectivity index (χ1n) is 7.69. The summed E-state index contributed by atoms with van der Waals surface area (Å²) in [7, 11) is 2.23. The van der Waals surface area contributed by atoms with E-state index in [1.54, 1.807) is 0 Å². The number of hydrogen-bond acceptors (Lipinski definition) is 2. The maximum atomic E-state index is 10.5. The molecule has 1 aliphatic rings. The van der Waals surface area contributed by atoms with E-state index in [-0.39, 0.29) is 5.54 Å².